The highest BCUT2D eigenvalue weighted by molar-refractivity contribution is 9.10. The third-order valence-corrected chi connectivity index (χ3v) is 5.11. The average Bonchev–Trinajstić information content (AvgIpc) is 2.43. The molecule has 0 heterocycles. The first-order valence-electron chi connectivity index (χ1n) is 6.67. The summed E-state index contributed by atoms with van der Waals surface area (Å²) >= 11 is 7.39. The Morgan fingerprint density at radius 1 is 1.15 bits per heavy atom. The van der Waals surface area contributed by atoms with Crippen LogP contribution in [-0.4, -0.2) is 6.61 Å². The molecule has 0 spiro atoms. The average molecular weight is 398 g/mol. The van der Waals surface area contributed by atoms with E-state index < -0.39 is 0 Å². The van der Waals surface area contributed by atoms with Gasteiger partial charge in [0.1, 0.15) is 5.75 Å². The second-order valence-electron chi connectivity index (χ2n) is 4.77. The summed E-state index contributed by atoms with van der Waals surface area (Å²) in [6.45, 7) is 6.98. The largest absolute Gasteiger partial charge is 0.493 e. The van der Waals surface area contributed by atoms with E-state index in [-0.39, 0.29) is 4.83 Å². The van der Waals surface area contributed by atoms with Crippen LogP contribution in [0.5, 0.6) is 5.75 Å². The molecule has 0 N–H and O–H groups in total. The summed E-state index contributed by atoms with van der Waals surface area (Å²) in [6, 6.07) is 12.7. The maximum Gasteiger partial charge on any atom is 0.133 e. The van der Waals surface area contributed by atoms with Crippen molar-refractivity contribution in [2.45, 2.75) is 25.6 Å². The van der Waals surface area contributed by atoms with E-state index in [1.165, 1.54) is 22.3 Å². The van der Waals surface area contributed by atoms with Crippen molar-refractivity contribution in [1.29, 1.82) is 0 Å². The van der Waals surface area contributed by atoms with Crippen LogP contribution in [-0.2, 0) is 0 Å². The number of aryl methyl sites for hydroxylation is 1. The second kappa shape index (κ2) is 6.77. The van der Waals surface area contributed by atoms with Crippen LogP contribution in [0.25, 0.3) is 0 Å². The minimum Gasteiger partial charge on any atom is -0.493 e. The molecule has 0 aromatic heterocycles. The molecule has 0 saturated heterocycles. The first-order chi connectivity index (χ1) is 9.54. The number of halogens is 2. The quantitative estimate of drug-likeness (QED) is 0.579. The van der Waals surface area contributed by atoms with E-state index in [9.17, 15) is 0 Å². The molecular formula is C17H18Br2O. The zero-order chi connectivity index (χ0) is 14.7. The van der Waals surface area contributed by atoms with Gasteiger partial charge in [0, 0.05) is 0 Å². The standard InChI is InChI=1S/C17H18Br2O/c1-4-20-16-9-8-13(10-15(16)18)17(19)14-7-5-6-11(2)12(14)3/h5-10,17H,4H2,1-3H3. The van der Waals surface area contributed by atoms with Gasteiger partial charge in [0.2, 0.25) is 0 Å². The molecule has 1 nitrogen and oxygen atoms in total. The number of rotatable bonds is 4. The van der Waals surface area contributed by atoms with Gasteiger partial charge in [-0.2, -0.15) is 0 Å². The smallest absolute Gasteiger partial charge is 0.133 e. The molecule has 2 rings (SSSR count). The summed E-state index contributed by atoms with van der Waals surface area (Å²) in [7, 11) is 0. The molecule has 20 heavy (non-hydrogen) atoms. The van der Waals surface area contributed by atoms with E-state index >= 15 is 0 Å². The van der Waals surface area contributed by atoms with Gasteiger partial charge in [0.25, 0.3) is 0 Å². The van der Waals surface area contributed by atoms with E-state index in [1.54, 1.807) is 0 Å². The molecule has 3 heteroatoms. The van der Waals surface area contributed by atoms with Crippen molar-refractivity contribution in [1.82, 2.24) is 0 Å². The summed E-state index contributed by atoms with van der Waals surface area (Å²) in [4.78, 5) is 0.189. The lowest BCUT2D eigenvalue weighted by Crippen LogP contribution is -1.99. The van der Waals surface area contributed by atoms with Crippen LogP contribution in [0.3, 0.4) is 0 Å². The Bertz CT molecular complexity index is 608. The summed E-state index contributed by atoms with van der Waals surface area (Å²) in [5.41, 5.74) is 5.17. The molecular weight excluding hydrogens is 380 g/mol. The maximum absolute atomic E-state index is 5.56. The fraction of sp³-hybridized carbons (Fsp3) is 0.294. The van der Waals surface area contributed by atoms with Crippen molar-refractivity contribution in [3.8, 4) is 5.75 Å². The summed E-state index contributed by atoms with van der Waals surface area (Å²) < 4.78 is 6.55. The first-order valence-corrected chi connectivity index (χ1v) is 8.38. The van der Waals surface area contributed by atoms with E-state index in [0.717, 1.165) is 10.2 Å². The molecule has 0 bridgehead atoms. The SMILES string of the molecule is CCOc1ccc(C(Br)c2cccc(C)c2C)cc1Br. The lowest BCUT2D eigenvalue weighted by molar-refractivity contribution is 0.338. The molecule has 0 saturated carbocycles. The summed E-state index contributed by atoms with van der Waals surface area (Å²) in [5.74, 6) is 0.886. The van der Waals surface area contributed by atoms with Gasteiger partial charge in [0.15, 0.2) is 0 Å². The molecule has 0 aliphatic carbocycles. The minimum atomic E-state index is 0.189. The molecule has 0 aliphatic heterocycles. The topological polar surface area (TPSA) is 9.23 Å². The van der Waals surface area contributed by atoms with Crippen LogP contribution < -0.4 is 4.74 Å². The molecule has 1 unspecified atom stereocenters. The van der Waals surface area contributed by atoms with Crippen LogP contribution >= 0.6 is 31.9 Å². The van der Waals surface area contributed by atoms with Gasteiger partial charge in [-0.25, -0.2) is 0 Å². The van der Waals surface area contributed by atoms with Gasteiger partial charge in [-0.05, 0) is 71.1 Å². The number of hydrogen-bond acceptors (Lipinski definition) is 1. The Kier molecular flexibility index (Phi) is 5.28. The van der Waals surface area contributed by atoms with Gasteiger partial charge >= 0.3 is 0 Å². The summed E-state index contributed by atoms with van der Waals surface area (Å²) in [5, 5.41) is 0. The van der Waals surface area contributed by atoms with Crippen LogP contribution in [0, 0.1) is 13.8 Å². The molecule has 0 amide bonds. The van der Waals surface area contributed by atoms with Gasteiger partial charge in [-0.1, -0.05) is 40.2 Å². The molecule has 0 radical (unpaired) electrons. The van der Waals surface area contributed by atoms with Crippen LogP contribution in [0.2, 0.25) is 0 Å². The predicted molar refractivity (Wildman–Crippen MR) is 92.0 cm³/mol. The predicted octanol–water partition coefficient (Wildman–Crippen LogP) is 5.95. The first kappa shape index (κ1) is 15.6. The van der Waals surface area contributed by atoms with Crippen molar-refractivity contribution in [3.05, 3.63) is 63.1 Å². The molecule has 0 aliphatic rings. The summed E-state index contributed by atoms with van der Waals surface area (Å²) in [6.07, 6.45) is 0. The van der Waals surface area contributed by atoms with Crippen molar-refractivity contribution < 1.29 is 4.74 Å². The van der Waals surface area contributed by atoms with E-state index in [0.29, 0.717) is 6.61 Å². The zero-order valence-electron chi connectivity index (χ0n) is 11.9. The Hall–Kier alpha value is -0.800. The van der Waals surface area contributed by atoms with Gasteiger partial charge in [0.05, 0.1) is 15.9 Å². The van der Waals surface area contributed by atoms with E-state index in [1.807, 2.05) is 13.0 Å². The third kappa shape index (κ3) is 3.26. The van der Waals surface area contributed by atoms with Crippen molar-refractivity contribution in [2.75, 3.05) is 6.61 Å². The minimum absolute atomic E-state index is 0.189. The van der Waals surface area contributed by atoms with Crippen molar-refractivity contribution in [2.24, 2.45) is 0 Å². The molecule has 1 atom stereocenters. The Labute approximate surface area is 137 Å². The molecule has 0 fully saturated rings. The fourth-order valence-corrected chi connectivity index (χ4v) is 3.47. The van der Waals surface area contributed by atoms with Crippen molar-refractivity contribution in [3.63, 3.8) is 0 Å². The van der Waals surface area contributed by atoms with Gasteiger partial charge < -0.3 is 4.74 Å². The Morgan fingerprint density at radius 3 is 2.55 bits per heavy atom. The van der Waals surface area contributed by atoms with Crippen LogP contribution in [0.15, 0.2) is 40.9 Å². The van der Waals surface area contributed by atoms with E-state index in [4.69, 9.17) is 4.74 Å². The highest BCUT2D eigenvalue weighted by Gasteiger charge is 2.15. The molecule has 2 aromatic carbocycles. The van der Waals surface area contributed by atoms with E-state index in [2.05, 4.69) is 76.0 Å². The van der Waals surface area contributed by atoms with Gasteiger partial charge in [-0.3, -0.25) is 0 Å². The lowest BCUT2D eigenvalue weighted by atomic mass is 9.97. The number of benzene rings is 2. The zero-order valence-corrected chi connectivity index (χ0v) is 15.1. The highest BCUT2D eigenvalue weighted by atomic mass is 79.9. The van der Waals surface area contributed by atoms with Gasteiger partial charge in [-0.15, -0.1) is 0 Å². The Balaban J connectivity index is 2.36. The normalized spacial score (nSPS) is 12.2. The van der Waals surface area contributed by atoms with Crippen molar-refractivity contribution >= 4 is 31.9 Å². The maximum atomic E-state index is 5.56. The monoisotopic (exact) mass is 396 g/mol. The Morgan fingerprint density at radius 2 is 1.90 bits per heavy atom. The highest BCUT2D eigenvalue weighted by Crippen LogP contribution is 2.37. The molecule has 106 valence electrons. The second-order valence-corrected chi connectivity index (χ2v) is 6.54. The van der Waals surface area contributed by atoms with Crippen LogP contribution in [0.1, 0.15) is 34.0 Å². The molecule has 2 aromatic rings. The number of ether oxygens (including phenoxy) is 1. The number of alkyl halides is 1. The fourth-order valence-electron chi connectivity index (χ4n) is 2.18. The lowest BCUT2D eigenvalue weighted by Gasteiger charge is -2.16. The third-order valence-electron chi connectivity index (χ3n) is 3.47. The van der Waals surface area contributed by atoms with Crippen LogP contribution in [0.4, 0.5) is 0 Å². The number of hydrogen-bond donors (Lipinski definition) is 0.